The Hall–Kier alpha value is -1.42. The van der Waals surface area contributed by atoms with Crippen LogP contribution in [-0.2, 0) is 11.2 Å². The first-order chi connectivity index (χ1) is 8.49. The maximum absolute atomic E-state index is 11.6. The second-order valence-electron chi connectivity index (χ2n) is 4.93. The van der Waals surface area contributed by atoms with Crippen LogP contribution in [0.1, 0.15) is 31.5 Å². The van der Waals surface area contributed by atoms with E-state index in [9.17, 15) is 9.90 Å². The van der Waals surface area contributed by atoms with Crippen LogP contribution < -0.4 is 5.32 Å². The summed E-state index contributed by atoms with van der Waals surface area (Å²) < 4.78 is 0. The molecule has 2 N–H and O–H groups in total. The van der Waals surface area contributed by atoms with Crippen molar-refractivity contribution in [3.63, 3.8) is 0 Å². The summed E-state index contributed by atoms with van der Waals surface area (Å²) in [6.45, 7) is 6.35. The first-order valence-electron chi connectivity index (χ1n) is 6.35. The molecule has 1 unspecified atom stereocenters. The van der Waals surface area contributed by atoms with Gasteiger partial charge >= 0.3 is 0 Å². The van der Waals surface area contributed by atoms with Gasteiger partial charge in [0.25, 0.3) is 0 Å². The van der Waals surface area contributed by atoms with E-state index in [1.165, 1.54) is 0 Å². The van der Waals surface area contributed by atoms with Gasteiger partial charge in [-0.05, 0) is 30.9 Å². The van der Waals surface area contributed by atoms with E-state index in [1.807, 2.05) is 32.9 Å². The Labute approximate surface area is 108 Å². The van der Waals surface area contributed by atoms with Crippen molar-refractivity contribution >= 4 is 5.91 Å². The number of nitrogens with one attached hydrogen (secondary N) is 1. The highest BCUT2D eigenvalue weighted by atomic mass is 16.3. The maximum Gasteiger partial charge on any atom is 0.224 e. The molecule has 0 aromatic carbocycles. The number of aliphatic hydroxyl groups excluding tert-OH is 1. The lowest BCUT2D eigenvalue weighted by Crippen LogP contribution is -2.29. The lowest BCUT2D eigenvalue weighted by atomic mass is 10.0. The third kappa shape index (κ3) is 5.27. The molecule has 0 aliphatic carbocycles. The zero-order valence-electron chi connectivity index (χ0n) is 11.3. The van der Waals surface area contributed by atoms with E-state index < -0.39 is 0 Å². The highest BCUT2D eigenvalue weighted by Gasteiger charge is 2.09. The first-order valence-corrected chi connectivity index (χ1v) is 6.35. The molecular formula is C14H22N2O2. The Morgan fingerprint density at radius 3 is 2.72 bits per heavy atom. The fraction of sp³-hybridized carbons (Fsp3) is 0.571. The average Bonchev–Trinajstić information content (AvgIpc) is 2.32. The lowest BCUT2D eigenvalue weighted by Gasteiger charge is -2.14. The van der Waals surface area contributed by atoms with E-state index >= 15 is 0 Å². The van der Waals surface area contributed by atoms with Crippen LogP contribution in [0.3, 0.4) is 0 Å². The number of carbonyl (C=O) groups excluding carboxylic acids is 1. The smallest absolute Gasteiger partial charge is 0.224 e. The standard InChI is InChI=1S/C14H22N2O2/c1-10(2)13(17)6-7-15-14(18)8-12-5-4-11(3)16-9-12/h4-5,9-10,13,17H,6-8H2,1-3H3,(H,15,18). The summed E-state index contributed by atoms with van der Waals surface area (Å²) in [4.78, 5) is 15.8. The minimum atomic E-state index is -0.355. The summed E-state index contributed by atoms with van der Waals surface area (Å²) in [5.74, 6) is 0.194. The molecule has 0 aliphatic heterocycles. The summed E-state index contributed by atoms with van der Waals surface area (Å²) in [5.41, 5.74) is 1.85. The number of nitrogens with zero attached hydrogens (tertiary/aromatic N) is 1. The van der Waals surface area contributed by atoms with E-state index in [1.54, 1.807) is 6.20 Å². The van der Waals surface area contributed by atoms with Crippen molar-refractivity contribution < 1.29 is 9.90 Å². The van der Waals surface area contributed by atoms with Gasteiger partial charge in [-0.1, -0.05) is 19.9 Å². The molecule has 1 atom stereocenters. The molecular weight excluding hydrogens is 228 g/mol. The van der Waals surface area contributed by atoms with Gasteiger partial charge in [0.15, 0.2) is 0 Å². The number of hydrogen-bond acceptors (Lipinski definition) is 3. The molecule has 1 rings (SSSR count). The fourth-order valence-electron chi connectivity index (χ4n) is 1.54. The van der Waals surface area contributed by atoms with E-state index in [4.69, 9.17) is 0 Å². The number of aryl methyl sites for hydroxylation is 1. The quantitative estimate of drug-likeness (QED) is 0.803. The number of aromatic nitrogens is 1. The Morgan fingerprint density at radius 1 is 1.44 bits per heavy atom. The molecule has 1 aromatic heterocycles. The van der Waals surface area contributed by atoms with Crippen LogP contribution in [0.15, 0.2) is 18.3 Å². The van der Waals surface area contributed by atoms with Gasteiger partial charge in [0.1, 0.15) is 0 Å². The van der Waals surface area contributed by atoms with Crippen LogP contribution in [0.25, 0.3) is 0 Å². The Kier molecular flexibility index (Phi) is 5.78. The molecule has 0 saturated carbocycles. The number of hydrogen-bond donors (Lipinski definition) is 2. The minimum absolute atomic E-state index is 0.0309. The highest BCUT2D eigenvalue weighted by molar-refractivity contribution is 5.78. The average molecular weight is 250 g/mol. The molecule has 1 amide bonds. The van der Waals surface area contributed by atoms with Crippen LogP contribution >= 0.6 is 0 Å². The first kappa shape index (κ1) is 14.6. The Balaban J connectivity index is 2.27. The summed E-state index contributed by atoms with van der Waals surface area (Å²) in [7, 11) is 0. The highest BCUT2D eigenvalue weighted by Crippen LogP contribution is 2.04. The fourth-order valence-corrected chi connectivity index (χ4v) is 1.54. The van der Waals surface area contributed by atoms with Gasteiger partial charge in [-0.15, -0.1) is 0 Å². The second kappa shape index (κ2) is 7.11. The molecule has 0 saturated heterocycles. The van der Waals surface area contributed by atoms with Crippen molar-refractivity contribution in [2.45, 2.75) is 39.7 Å². The predicted molar refractivity (Wildman–Crippen MR) is 71.1 cm³/mol. The van der Waals surface area contributed by atoms with E-state index in [0.29, 0.717) is 19.4 Å². The van der Waals surface area contributed by atoms with Crippen molar-refractivity contribution in [2.24, 2.45) is 5.92 Å². The maximum atomic E-state index is 11.6. The van der Waals surface area contributed by atoms with E-state index in [0.717, 1.165) is 11.3 Å². The molecule has 1 heterocycles. The van der Waals surface area contributed by atoms with Gasteiger partial charge in [0.05, 0.1) is 12.5 Å². The van der Waals surface area contributed by atoms with Gasteiger partial charge in [0, 0.05) is 18.4 Å². The molecule has 0 bridgehead atoms. The molecule has 0 fully saturated rings. The number of pyridine rings is 1. The number of amides is 1. The Morgan fingerprint density at radius 2 is 2.17 bits per heavy atom. The number of carbonyl (C=O) groups is 1. The third-order valence-corrected chi connectivity index (χ3v) is 2.87. The summed E-state index contributed by atoms with van der Waals surface area (Å²) >= 11 is 0. The minimum Gasteiger partial charge on any atom is -0.393 e. The molecule has 18 heavy (non-hydrogen) atoms. The van der Waals surface area contributed by atoms with Crippen LogP contribution in [0.2, 0.25) is 0 Å². The van der Waals surface area contributed by atoms with Gasteiger partial charge in [-0.2, -0.15) is 0 Å². The van der Waals surface area contributed by atoms with Gasteiger partial charge < -0.3 is 10.4 Å². The number of aliphatic hydroxyl groups is 1. The molecule has 0 spiro atoms. The molecule has 0 aliphatic rings. The summed E-state index contributed by atoms with van der Waals surface area (Å²) in [5, 5.41) is 12.4. The van der Waals surface area contributed by atoms with Gasteiger partial charge in [-0.25, -0.2) is 0 Å². The molecule has 4 nitrogen and oxygen atoms in total. The third-order valence-electron chi connectivity index (χ3n) is 2.87. The second-order valence-corrected chi connectivity index (χ2v) is 4.93. The van der Waals surface area contributed by atoms with Crippen LogP contribution in [0, 0.1) is 12.8 Å². The van der Waals surface area contributed by atoms with Crippen molar-refractivity contribution in [1.29, 1.82) is 0 Å². The topological polar surface area (TPSA) is 62.2 Å². The summed E-state index contributed by atoms with van der Waals surface area (Å²) in [6, 6.07) is 3.80. The monoisotopic (exact) mass is 250 g/mol. The SMILES string of the molecule is Cc1ccc(CC(=O)NCCC(O)C(C)C)cn1. The Bertz CT molecular complexity index is 374. The van der Waals surface area contributed by atoms with Crippen molar-refractivity contribution in [1.82, 2.24) is 10.3 Å². The van der Waals surface area contributed by atoms with E-state index in [-0.39, 0.29) is 17.9 Å². The normalized spacial score (nSPS) is 12.5. The van der Waals surface area contributed by atoms with Crippen LogP contribution in [0.4, 0.5) is 0 Å². The largest absolute Gasteiger partial charge is 0.393 e. The van der Waals surface area contributed by atoms with Crippen LogP contribution in [-0.4, -0.2) is 28.6 Å². The summed E-state index contributed by atoms with van der Waals surface area (Å²) in [6.07, 6.45) is 2.30. The van der Waals surface area contributed by atoms with Gasteiger partial charge in [-0.3, -0.25) is 9.78 Å². The molecule has 1 aromatic rings. The van der Waals surface area contributed by atoms with Gasteiger partial charge in [0.2, 0.25) is 5.91 Å². The van der Waals surface area contributed by atoms with Crippen molar-refractivity contribution in [2.75, 3.05) is 6.54 Å². The molecule has 100 valence electrons. The number of rotatable bonds is 6. The van der Waals surface area contributed by atoms with Crippen molar-refractivity contribution in [3.05, 3.63) is 29.6 Å². The molecule has 0 radical (unpaired) electrons. The van der Waals surface area contributed by atoms with E-state index in [2.05, 4.69) is 10.3 Å². The molecule has 4 heteroatoms. The zero-order valence-corrected chi connectivity index (χ0v) is 11.3. The predicted octanol–water partition coefficient (Wildman–Crippen LogP) is 1.46. The zero-order chi connectivity index (χ0) is 13.5. The van der Waals surface area contributed by atoms with Crippen molar-refractivity contribution in [3.8, 4) is 0 Å². The van der Waals surface area contributed by atoms with Crippen LogP contribution in [0.5, 0.6) is 0 Å². The lowest BCUT2D eigenvalue weighted by molar-refractivity contribution is -0.120.